The summed E-state index contributed by atoms with van der Waals surface area (Å²) in [5.74, 6) is -1.70. The molecule has 1 N–H and O–H groups in total. The first-order valence-corrected chi connectivity index (χ1v) is 4.36. The molecule has 1 aliphatic heterocycles. The molecule has 0 radical (unpaired) electrons. The van der Waals surface area contributed by atoms with Gasteiger partial charge in [0.2, 0.25) is 5.78 Å². The molecular formula is C8H12F3NO2. The van der Waals surface area contributed by atoms with E-state index in [4.69, 9.17) is 5.11 Å². The zero-order chi connectivity index (χ0) is 10.8. The maximum absolute atomic E-state index is 11.9. The molecule has 0 aromatic heterocycles. The molecule has 1 fully saturated rings. The number of likely N-dealkylation sites (tertiary alicyclic amines) is 1. The number of halogens is 3. The molecular weight excluding hydrogens is 199 g/mol. The van der Waals surface area contributed by atoms with Crippen LogP contribution in [-0.4, -0.2) is 48.2 Å². The van der Waals surface area contributed by atoms with Crippen LogP contribution < -0.4 is 0 Å². The van der Waals surface area contributed by atoms with E-state index in [2.05, 4.69) is 0 Å². The average Bonchev–Trinajstić information content (AvgIpc) is 2.50. The molecule has 1 atom stereocenters. The van der Waals surface area contributed by atoms with Crippen LogP contribution in [0.1, 0.15) is 6.42 Å². The molecule has 82 valence electrons. The number of hydrogen-bond acceptors (Lipinski definition) is 3. The summed E-state index contributed by atoms with van der Waals surface area (Å²) in [5, 5.41) is 8.74. The number of aliphatic hydroxyl groups is 1. The van der Waals surface area contributed by atoms with Gasteiger partial charge in [-0.1, -0.05) is 0 Å². The first kappa shape index (κ1) is 11.5. The average molecular weight is 211 g/mol. The molecule has 0 spiro atoms. The molecule has 1 unspecified atom stereocenters. The van der Waals surface area contributed by atoms with Crippen LogP contribution in [0.5, 0.6) is 0 Å². The highest BCUT2D eigenvalue weighted by atomic mass is 19.4. The quantitative estimate of drug-likeness (QED) is 0.736. The monoisotopic (exact) mass is 211 g/mol. The van der Waals surface area contributed by atoms with E-state index < -0.39 is 18.5 Å². The molecule has 14 heavy (non-hydrogen) atoms. The van der Waals surface area contributed by atoms with Gasteiger partial charge in [-0.15, -0.1) is 0 Å². The summed E-state index contributed by atoms with van der Waals surface area (Å²) >= 11 is 0. The smallest absolute Gasteiger partial charge is 0.396 e. The zero-order valence-electron chi connectivity index (χ0n) is 7.55. The number of carbonyl (C=O) groups is 1. The second kappa shape index (κ2) is 4.27. The summed E-state index contributed by atoms with van der Waals surface area (Å²) in [6, 6.07) is 0. The lowest BCUT2D eigenvalue weighted by atomic mass is 10.1. The molecule has 0 saturated carbocycles. The molecule has 1 aliphatic rings. The Morgan fingerprint density at radius 2 is 2.14 bits per heavy atom. The van der Waals surface area contributed by atoms with Gasteiger partial charge in [0.15, 0.2) is 0 Å². The van der Waals surface area contributed by atoms with Crippen molar-refractivity contribution in [3.63, 3.8) is 0 Å². The zero-order valence-corrected chi connectivity index (χ0v) is 7.55. The molecule has 3 nitrogen and oxygen atoms in total. The first-order valence-electron chi connectivity index (χ1n) is 4.36. The third kappa shape index (κ3) is 2.95. The van der Waals surface area contributed by atoms with E-state index in [1.807, 2.05) is 0 Å². The predicted molar refractivity (Wildman–Crippen MR) is 42.7 cm³/mol. The largest absolute Gasteiger partial charge is 0.451 e. The summed E-state index contributed by atoms with van der Waals surface area (Å²) in [5.41, 5.74) is 0. The van der Waals surface area contributed by atoms with Crippen LogP contribution in [0.15, 0.2) is 0 Å². The number of nitrogens with zero attached hydrogens (tertiary/aromatic N) is 1. The fourth-order valence-electron chi connectivity index (χ4n) is 1.50. The summed E-state index contributed by atoms with van der Waals surface area (Å²) in [6.07, 6.45) is -4.08. The number of alkyl halides is 3. The van der Waals surface area contributed by atoms with Gasteiger partial charge in [0, 0.05) is 13.2 Å². The lowest BCUT2D eigenvalue weighted by Gasteiger charge is -2.15. The van der Waals surface area contributed by atoms with Gasteiger partial charge in [-0.25, -0.2) is 0 Å². The van der Waals surface area contributed by atoms with Gasteiger partial charge in [0.1, 0.15) is 0 Å². The minimum absolute atomic E-state index is 0.0102. The van der Waals surface area contributed by atoms with E-state index in [1.54, 1.807) is 0 Å². The van der Waals surface area contributed by atoms with Gasteiger partial charge in [-0.2, -0.15) is 13.2 Å². The Balaban J connectivity index is 2.36. The van der Waals surface area contributed by atoms with Gasteiger partial charge in [0.25, 0.3) is 0 Å². The van der Waals surface area contributed by atoms with Gasteiger partial charge < -0.3 is 5.11 Å². The molecule has 6 heteroatoms. The Morgan fingerprint density at radius 3 is 2.57 bits per heavy atom. The van der Waals surface area contributed by atoms with Crippen molar-refractivity contribution in [3.05, 3.63) is 0 Å². The van der Waals surface area contributed by atoms with Crippen molar-refractivity contribution < 1.29 is 23.1 Å². The van der Waals surface area contributed by atoms with E-state index >= 15 is 0 Å². The number of aliphatic hydroxyl groups excluding tert-OH is 1. The molecule has 1 rings (SSSR count). The Kier molecular flexibility index (Phi) is 3.49. The van der Waals surface area contributed by atoms with Crippen LogP contribution in [0.2, 0.25) is 0 Å². The number of hydrogen-bond donors (Lipinski definition) is 1. The fraction of sp³-hybridized carbons (Fsp3) is 0.875. The molecule has 0 bridgehead atoms. The van der Waals surface area contributed by atoms with E-state index in [1.165, 1.54) is 4.90 Å². The molecule has 1 saturated heterocycles. The summed E-state index contributed by atoms with van der Waals surface area (Å²) < 4.78 is 35.6. The van der Waals surface area contributed by atoms with E-state index in [9.17, 15) is 18.0 Å². The van der Waals surface area contributed by atoms with Crippen LogP contribution in [0.4, 0.5) is 13.2 Å². The normalized spacial score (nSPS) is 24.1. The first-order chi connectivity index (χ1) is 6.43. The van der Waals surface area contributed by atoms with E-state index in [-0.39, 0.29) is 12.5 Å². The number of carbonyl (C=O) groups excluding carboxylic acids is 1. The van der Waals surface area contributed by atoms with Crippen molar-refractivity contribution in [3.8, 4) is 0 Å². The van der Waals surface area contributed by atoms with Gasteiger partial charge in [-0.05, 0) is 18.9 Å². The topological polar surface area (TPSA) is 40.5 Å². The van der Waals surface area contributed by atoms with Crippen molar-refractivity contribution in [1.29, 1.82) is 0 Å². The van der Waals surface area contributed by atoms with E-state index in [0.29, 0.717) is 19.5 Å². The van der Waals surface area contributed by atoms with Crippen molar-refractivity contribution in [2.24, 2.45) is 5.92 Å². The minimum Gasteiger partial charge on any atom is -0.396 e. The SMILES string of the molecule is O=C(CN1CCC(CO)C1)C(F)(F)F. The summed E-state index contributed by atoms with van der Waals surface area (Å²) in [7, 11) is 0. The van der Waals surface area contributed by atoms with Gasteiger partial charge in [0.05, 0.1) is 6.54 Å². The van der Waals surface area contributed by atoms with Gasteiger partial charge in [-0.3, -0.25) is 9.69 Å². The summed E-state index contributed by atoms with van der Waals surface area (Å²) in [4.78, 5) is 12.0. The van der Waals surface area contributed by atoms with Crippen LogP contribution >= 0.6 is 0 Å². The predicted octanol–water partition coefficient (Wildman–Crippen LogP) is 0.432. The second-order valence-electron chi connectivity index (χ2n) is 3.49. The Hall–Kier alpha value is -0.620. The van der Waals surface area contributed by atoms with Crippen molar-refractivity contribution in [2.75, 3.05) is 26.2 Å². The Labute approximate surface area is 79.5 Å². The highest BCUT2D eigenvalue weighted by Crippen LogP contribution is 2.20. The number of ketones is 1. The van der Waals surface area contributed by atoms with Gasteiger partial charge >= 0.3 is 6.18 Å². The highest BCUT2D eigenvalue weighted by molar-refractivity contribution is 5.85. The van der Waals surface area contributed by atoms with Crippen molar-refractivity contribution in [1.82, 2.24) is 4.90 Å². The lowest BCUT2D eigenvalue weighted by Crippen LogP contribution is -2.36. The van der Waals surface area contributed by atoms with Crippen LogP contribution in [0.25, 0.3) is 0 Å². The third-order valence-corrected chi connectivity index (χ3v) is 2.31. The highest BCUT2D eigenvalue weighted by Gasteiger charge is 2.39. The second-order valence-corrected chi connectivity index (χ2v) is 3.49. The Morgan fingerprint density at radius 1 is 1.50 bits per heavy atom. The van der Waals surface area contributed by atoms with E-state index in [0.717, 1.165) is 0 Å². The minimum atomic E-state index is -4.74. The lowest BCUT2D eigenvalue weighted by molar-refractivity contribution is -0.171. The van der Waals surface area contributed by atoms with Crippen molar-refractivity contribution >= 4 is 5.78 Å². The number of Topliss-reactive ketones (excluding diaryl/α,β-unsaturated/α-hetero) is 1. The van der Waals surface area contributed by atoms with Crippen LogP contribution in [-0.2, 0) is 4.79 Å². The summed E-state index contributed by atoms with van der Waals surface area (Å²) in [6.45, 7) is 0.210. The molecule has 0 aromatic carbocycles. The molecule has 0 aromatic rings. The maximum Gasteiger partial charge on any atom is 0.451 e. The third-order valence-electron chi connectivity index (χ3n) is 2.31. The molecule has 0 aliphatic carbocycles. The van der Waals surface area contributed by atoms with Crippen LogP contribution in [0, 0.1) is 5.92 Å². The Bertz CT molecular complexity index is 217. The maximum atomic E-state index is 11.9. The molecule has 0 amide bonds. The standard InChI is InChI=1S/C8H12F3NO2/c9-8(10,11)7(14)4-12-2-1-6(3-12)5-13/h6,13H,1-5H2. The molecule has 1 heterocycles. The van der Waals surface area contributed by atoms with Crippen LogP contribution in [0.3, 0.4) is 0 Å². The fourth-order valence-corrected chi connectivity index (χ4v) is 1.50. The number of rotatable bonds is 3. The van der Waals surface area contributed by atoms with Crippen molar-refractivity contribution in [2.45, 2.75) is 12.6 Å².